The van der Waals surface area contributed by atoms with Crippen LogP contribution in [-0.2, 0) is 25.9 Å². The average Bonchev–Trinajstić information content (AvgIpc) is 2.97. The number of benzene rings is 1. The summed E-state index contributed by atoms with van der Waals surface area (Å²) in [7, 11) is -3.59. The molecule has 1 aromatic rings. The van der Waals surface area contributed by atoms with E-state index < -0.39 is 26.8 Å². The maximum atomic E-state index is 13.5. The lowest BCUT2D eigenvalue weighted by molar-refractivity contribution is -0.120. The predicted molar refractivity (Wildman–Crippen MR) is 80.5 cm³/mol. The van der Waals surface area contributed by atoms with Gasteiger partial charge in [-0.3, -0.25) is 4.79 Å². The molecule has 7 heteroatoms. The number of rotatable bonds is 6. The first-order chi connectivity index (χ1) is 10.4. The van der Waals surface area contributed by atoms with Crippen LogP contribution in [0.25, 0.3) is 0 Å². The molecule has 1 aliphatic rings. The van der Waals surface area contributed by atoms with Crippen molar-refractivity contribution in [2.75, 3.05) is 12.4 Å². The molecule has 0 saturated carbocycles. The standard InChI is InChI=1S/C15H20FNO4S/c1-11(22(19,20)10-13-6-4-8-21-13)15(18)17-9-12-5-2-3-7-14(12)16/h2-3,5,7,11,13H,4,6,8-10H2,1H3,(H,17,18). The molecule has 1 aliphatic heterocycles. The Hall–Kier alpha value is -1.47. The third kappa shape index (κ3) is 4.27. The van der Waals surface area contributed by atoms with E-state index in [1.165, 1.54) is 13.0 Å². The van der Waals surface area contributed by atoms with Crippen LogP contribution in [0.1, 0.15) is 25.3 Å². The summed E-state index contributed by atoms with van der Waals surface area (Å²) in [4.78, 5) is 12.0. The average molecular weight is 329 g/mol. The number of halogens is 1. The number of ether oxygens (including phenoxy) is 1. The summed E-state index contributed by atoms with van der Waals surface area (Å²) in [5.41, 5.74) is 0.319. The lowest BCUT2D eigenvalue weighted by Crippen LogP contribution is -2.40. The summed E-state index contributed by atoms with van der Waals surface area (Å²) in [6.45, 7) is 1.88. The highest BCUT2D eigenvalue weighted by Gasteiger charge is 2.32. The van der Waals surface area contributed by atoms with Gasteiger partial charge in [0, 0.05) is 18.7 Å². The highest BCUT2D eigenvalue weighted by atomic mass is 32.2. The van der Waals surface area contributed by atoms with Crippen molar-refractivity contribution in [2.45, 2.75) is 37.7 Å². The molecule has 1 heterocycles. The van der Waals surface area contributed by atoms with E-state index in [1.807, 2.05) is 0 Å². The van der Waals surface area contributed by atoms with Gasteiger partial charge in [-0.15, -0.1) is 0 Å². The van der Waals surface area contributed by atoms with Crippen LogP contribution >= 0.6 is 0 Å². The van der Waals surface area contributed by atoms with Crippen molar-refractivity contribution in [1.82, 2.24) is 5.32 Å². The van der Waals surface area contributed by atoms with Crippen molar-refractivity contribution in [3.05, 3.63) is 35.6 Å². The number of carbonyl (C=O) groups is 1. The predicted octanol–water partition coefficient (Wildman–Crippen LogP) is 1.42. The molecular formula is C15H20FNO4S. The number of carbonyl (C=O) groups excluding carboxylic acids is 1. The van der Waals surface area contributed by atoms with E-state index in [-0.39, 0.29) is 18.4 Å². The smallest absolute Gasteiger partial charge is 0.238 e. The monoisotopic (exact) mass is 329 g/mol. The Morgan fingerprint density at radius 3 is 2.82 bits per heavy atom. The topological polar surface area (TPSA) is 72.5 Å². The molecule has 1 saturated heterocycles. The summed E-state index contributed by atoms with van der Waals surface area (Å²) in [5, 5.41) is 1.29. The highest BCUT2D eigenvalue weighted by molar-refractivity contribution is 7.92. The fourth-order valence-electron chi connectivity index (χ4n) is 2.31. The van der Waals surface area contributed by atoms with Gasteiger partial charge in [-0.25, -0.2) is 12.8 Å². The number of sulfone groups is 1. The molecule has 1 amide bonds. The van der Waals surface area contributed by atoms with Gasteiger partial charge in [0.2, 0.25) is 5.91 Å². The van der Waals surface area contributed by atoms with Gasteiger partial charge in [-0.2, -0.15) is 0 Å². The van der Waals surface area contributed by atoms with E-state index in [0.29, 0.717) is 18.6 Å². The molecular weight excluding hydrogens is 309 g/mol. The number of nitrogens with one attached hydrogen (secondary N) is 1. The van der Waals surface area contributed by atoms with E-state index in [2.05, 4.69) is 5.32 Å². The van der Waals surface area contributed by atoms with Crippen molar-refractivity contribution in [2.24, 2.45) is 0 Å². The van der Waals surface area contributed by atoms with Gasteiger partial charge < -0.3 is 10.1 Å². The molecule has 5 nitrogen and oxygen atoms in total. The summed E-state index contributed by atoms with van der Waals surface area (Å²) in [6, 6.07) is 6.04. The van der Waals surface area contributed by atoms with Crippen LogP contribution in [0, 0.1) is 5.82 Å². The third-order valence-electron chi connectivity index (χ3n) is 3.76. The first kappa shape index (κ1) is 16.9. The molecule has 1 fully saturated rings. The van der Waals surface area contributed by atoms with Crippen molar-refractivity contribution in [3.63, 3.8) is 0 Å². The van der Waals surface area contributed by atoms with Crippen molar-refractivity contribution >= 4 is 15.7 Å². The van der Waals surface area contributed by atoms with Crippen LogP contribution in [0.3, 0.4) is 0 Å². The molecule has 0 aromatic heterocycles. The Labute approximate surface area is 129 Å². The zero-order valence-electron chi connectivity index (χ0n) is 12.4. The Balaban J connectivity index is 1.92. The van der Waals surface area contributed by atoms with Crippen LogP contribution < -0.4 is 5.32 Å². The Morgan fingerprint density at radius 2 is 2.18 bits per heavy atom. The lowest BCUT2D eigenvalue weighted by atomic mass is 10.2. The molecule has 1 N–H and O–H groups in total. The zero-order chi connectivity index (χ0) is 16.2. The minimum atomic E-state index is -3.59. The Morgan fingerprint density at radius 1 is 1.45 bits per heavy atom. The fourth-order valence-corrected chi connectivity index (χ4v) is 3.79. The second kappa shape index (κ2) is 7.19. The summed E-state index contributed by atoms with van der Waals surface area (Å²) in [5.74, 6) is -1.21. The summed E-state index contributed by atoms with van der Waals surface area (Å²) < 4.78 is 43.1. The third-order valence-corrected chi connectivity index (χ3v) is 5.89. The second-order valence-electron chi connectivity index (χ2n) is 5.42. The van der Waals surface area contributed by atoms with Gasteiger partial charge in [0.1, 0.15) is 11.1 Å². The summed E-state index contributed by atoms with van der Waals surface area (Å²) >= 11 is 0. The van der Waals surface area contributed by atoms with Crippen LogP contribution in [0.2, 0.25) is 0 Å². The fraction of sp³-hybridized carbons (Fsp3) is 0.533. The first-order valence-electron chi connectivity index (χ1n) is 7.24. The Bertz CT molecular complexity index is 626. The normalized spacial score (nSPS) is 19.8. The SMILES string of the molecule is CC(C(=O)NCc1ccccc1F)S(=O)(=O)CC1CCCO1. The minimum absolute atomic E-state index is 0.0364. The summed E-state index contributed by atoms with van der Waals surface area (Å²) in [6.07, 6.45) is 1.21. The largest absolute Gasteiger partial charge is 0.377 e. The van der Waals surface area contributed by atoms with Crippen molar-refractivity contribution in [3.8, 4) is 0 Å². The van der Waals surface area contributed by atoms with Gasteiger partial charge in [-0.1, -0.05) is 18.2 Å². The van der Waals surface area contributed by atoms with Crippen molar-refractivity contribution in [1.29, 1.82) is 0 Å². The molecule has 22 heavy (non-hydrogen) atoms. The lowest BCUT2D eigenvalue weighted by Gasteiger charge is -2.16. The van der Waals surface area contributed by atoms with Crippen LogP contribution in [-0.4, -0.2) is 38.0 Å². The molecule has 0 spiro atoms. The molecule has 2 rings (SSSR count). The van der Waals surface area contributed by atoms with E-state index in [4.69, 9.17) is 4.74 Å². The van der Waals surface area contributed by atoms with Gasteiger partial charge >= 0.3 is 0 Å². The first-order valence-corrected chi connectivity index (χ1v) is 8.96. The van der Waals surface area contributed by atoms with Crippen LogP contribution in [0.15, 0.2) is 24.3 Å². The maximum Gasteiger partial charge on any atom is 0.238 e. The van der Waals surface area contributed by atoms with Gasteiger partial charge in [-0.05, 0) is 25.8 Å². The van der Waals surface area contributed by atoms with Crippen molar-refractivity contribution < 1.29 is 22.3 Å². The number of hydrogen-bond acceptors (Lipinski definition) is 4. The van der Waals surface area contributed by atoms with Crippen LogP contribution in [0.5, 0.6) is 0 Å². The van der Waals surface area contributed by atoms with E-state index in [9.17, 15) is 17.6 Å². The van der Waals surface area contributed by atoms with E-state index >= 15 is 0 Å². The zero-order valence-corrected chi connectivity index (χ0v) is 13.2. The highest BCUT2D eigenvalue weighted by Crippen LogP contribution is 2.16. The minimum Gasteiger partial charge on any atom is -0.377 e. The number of hydrogen-bond donors (Lipinski definition) is 1. The van der Waals surface area contributed by atoms with Crippen LogP contribution in [0.4, 0.5) is 4.39 Å². The molecule has 2 atom stereocenters. The molecule has 1 aromatic carbocycles. The molecule has 0 bridgehead atoms. The maximum absolute atomic E-state index is 13.5. The number of amides is 1. The van der Waals surface area contributed by atoms with Gasteiger partial charge in [0.05, 0.1) is 11.9 Å². The quantitative estimate of drug-likeness (QED) is 0.857. The van der Waals surface area contributed by atoms with Gasteiger partial charge in [0.15, 0.2) is 9.84 Å². The molecule has 122 valence electrons. The second-order valence-corrected chi connectivity index (χ2v) is 7.78. The van der Waals surface area contributed by atoms with E-state index in [0.717, 1.165) is 6.42 Å². The molecule has 2 unspecified atom stereocenters. The Kier molecular flexibility index (Phi) is 5.52. The van der Waals surface area contributed by atoms with Gasteiger partial charge in [0.25, 0.3) is 0 Å². The molecule has 0 aliphatic carbocycles. The van der Waals surface area contributed by atoms with E-state index in [1.54, 1.807) is 18.2 Å². The molecule has 0 radical (unpaired) electrons.